The number of rotatable bonds is 16. The van der Waals surface area contributed by atoms with Crippen LogP contribution >= 0.6 is 0 Å². The fourth-order valence-electron chi connectivity index (χ4n) is 12.4. The number of hydrogen-bond acceptors (Lipinski definition) is 13. The Morgan fingerprint density at radius 1 is 0.614 bits per heavy atom. The van der Waals surface area contributed by atoms with E-state index in [-0.39, 0.29) is 40.0 Å². The summed E-state index contributed by atoms with van der Waals surface area (Å²) in [6.07, 6.45) is 0.0733. The third kappa shape index (κ3) is 14.1. The van der Waals surface area contributed by atoms with Crippen molar-refractivity contribution in [3.63, 3.8) is 0 Å². The first-order chi connectivity index (χ1) is 39.2. The van der Waals surface area contributed by atoms with Crippen LogP contribution in [0.3, 0.4) is 0 Å². The number of carbonyl (C=O) groups excluding carboxylic acids is 3. The van der Waals surface area contributed by atoms with Crippen molar-refractivity contribution in [3.8, 4) is 0 Å². The van der Waals surface area contributed by atoms with Crippen molar-refractivity contribution >= 4 is 59.9 Å². The van der Waals surface area contributed by atoms with Crippen LogP contribution in [0, 0.1) is 28.1 Å². The van der Waals surface area contributed by atoms with Gasteiger partial charge in [0.1, 0.15) is 6.61 Å². The lowest BCUT2D eigenvalue weighted by Crippen LogP contribution is -2.58. The summed E-state index contributed by atoms with van der Waals surface area (Å²) >= 11 is 0. The molecule has 20 heteroatoms. The third-order valence-electron chi connectivity index (χ3n) is 16.6. The van der Waals surface area contributed by atoms with Crippen LogP contribution in [0.25, 0.3) is 0 Å². The molecule has 5 atom stereocenters. The highest BCUT2D eigenvalue weighted by molar-refractivity contribution is 7.97. The zero-order valence-corrected chi connectivity index (χ0v) is 49.4. The van der Waals surface area contributed by atoms with E-state index >= 15 is 0 Å². The van der Waals surface area contributed by atoms with Crippen LogP contribution in [0.15, 0.2) is 211 Å². The summed E-state index contributed by atoms with van der Waals surface area (Å²) in [6.45, 7) is 3.99. The van der Waals surface area contributed by atoms with Gasteiger partial charge in [0.15, 0.2) is 45.7 Å². The molecule has 5 aliphatic carbocycles. The van der Waals surface area contributed by atoms with E-state index in [1.807, 2.05) is 0 Å². The molecular weight excluding hydrogens is 1150 g/mol. The van der Waals surface area contributed by atoms with Crippen LogP contribution in [0.4, 0.5) is 13.2 Å². The van der Waals surface area contributed by atoms with Crippen LogP contribution < -0.4 is 0 Å². The minimum atomic E-state index is -6.13. The smallest absolute Gasteiger partial charge is 0.364 e. The molecule has 0 aromatic heterocycles. The molecule has 12 rings (SSSR count). The van der Waals surface area contributed by atoms with E-state index in [0.717, 1.165) is 6.42 Å². The van der Waals surface area contributed by atoms with Crippen molar-refractivity contribution in [2.75, 3.05) is 19.0 Å². The lowest BCUT2D eigenvalue weighted by atomic mass is 9.48. The lowest BCUT2D eigenvalue weighted by molar-refractivity contribution is -0.196. The molecule has 1 N–H and O–H groups in total. The van der Waals surface area contributed by atoms with E-state index < -0.39 is 102 Å². The molecule has 1 heterocycles. The zero-order valence-electron chi connectivity index (χ0n) is 46.2. The molecule has 0 spiro atoms. The van der Waals surface area contributed by atoms with Gasteiger partial charge in [0, 0.05) is 11.8 Å². The van der Waals surface area contributed by atoms with Crippen LogP contribution in [-0.4, -0.2) is 90.6 Å². The average Bonchev–Trinajstić information content (AvgIpc) is 1.62. The second-order valence-corrected chi connectivity index (χ2v) is 29.5. The summed E-state index contributed by atoms with van der Waals surface area (Å²) in [5, 5.41) is 5.50. The second-order valence-electron chi connectivity index (χ2n) is 22.4. The maximum atomic E-state index is 13.4. The average molecular weight is 1220 g/mol. The molecule has 1 saturated heterocycles. The molecule has 6 aromatic carbocycles. The monoisotopic (exact) mass is 1220 g/mol. The van der Waals surface area contributed by atoms with E-state index in [1.54, 1.807) is 20.8 Å². The largest absolute Gasteiger partial charge is 0.748 e. The van der Waals surface area contributed by atoms with Crippen molar-refractivity contribution < 1.29 is 72.8 Å². The van der Waals surface area contributed by atoms with E-state index in [1.165, 1.54) is 29.4 Å². The van der Waals surface area contributed by atoms with Crippen molar-refractivity contribution in [1.29, 1.82) is 0 Å². The first-order valence-electron chi connectivity index (χ1n) is 27.2. The standard InChI is InChI=1S/2C18H15S.C15H21F3O6S.C12H18O7S/c2*1-4-10-16(11-5-1)19(17-12-6-2-7-13-17)18-14-8-3-9-15-18;16-11(15(17,18)25(21,22)23)1-2-24-12(19)13-4-9-3-10(5-13)7-14(20,6-9)8-13;1-10(2)11(3)4-5-12(10,19-8(11)13)9(14)18-6-7-20(15,16)17/h2*1-15H;9-11,20H,1-8H2,(H,21,22,23);4-7H2,1-3H3,(H,15,16,17)/q2*+1;;/p-2. The Labute approximate surface area is 489 Å². The molecule has 5 saturated carbocycles. The summed E-state index contributed by atoms with van der Waals surface area (Å²) < 4.78 is 117. The minimum Gasteiger partial charge on any atom is -0.748 e. The van der Waals surface area contributed by atoms with Gasteiger partial charge < -0.3 is 28.4 Å². The highest BCUT2D eigenvalue weighted by Crippen LogP contribution is 2.66. The van der Waals surface area contributed by atoms with Gasteiger partial charge >= 0.3 is 23.2 Å². The third-order valence-corrected chi connectivity index (χ3v) is 22.7. The van der Waals surface area contributed by atoms with Gasteiger partial charge in [-0.1, -0.05) is 123 Å². The maximum absolute atomic E-state index is 13.4. The van der Waals surface area contributed by atoms with E-state index in [2.05, 4.69) is 182 Å². The fraction of sp³-hybridized carbons (Fsp3) is 0.381. The van der Waals surface area contributed by atoms with Gasteiger partial charge in [-0.15, -0.1) is 0 Å². The highest BCUT2D eigenvalue weighted by Gasteiger charge is 2.76. The van der Waals surface area contributed by atoms with E-state index in [0.29, 0.717) is 38.5 Å². The molecular formula is C63H67F3O13S4. The Morgan fingerprint density at radius 2 is 0.976 bits per heavy atom. The predicted octanol–water partition coefficient (Wildman–Crippen LogP) is 11.5. The first-order valence-corrected chi connectivity index (χ1v) is 32.7. The number of fused-ring (bicyclic) bond motifs is 2. The molecule has 0 radical (unpaired) electrons. The summed E-state index contributed by atoms with van der Waals surface area (Å²) in [4.78, 5) is 44.8. The van der Waals surface area contributed by atoms with E-state index in [4.69, 9.17) is 14.2 Å². The van der Waals surface area contributed by atoms with Gasteiger partial charge in [0.05, 0.1) is 60.7 Å². The Bertz CT molecular complexity index is 3070. The van der Waals surface area contributed by atoms with Crippen molar-refractivity contribution in [3.05, 3.63) is 182 Å². The number of aliphatic hydroxyl groups is 1. The molecule has 13 nitrogen and oxygen atoms in total. The SMILES string of the molecule is CC12CCC(C(=O)OCCS(=O)(=O)[O-])(OC1=O)C2(C)C.O=C(OCCC(F)C(F)(F)S(=O)(=O)[O-])C12CC3CC(CC(O)(C3)C1)C2.c1ccc([S+](c2ccccc2)c2ccccc2)cc1.c1ccc([S+](c2ccccc2)c2ccccc2)cc1. The fourth-order valence-corrected chi connectivity index (χ4v) is 17.3. The molecule has 6 fully saturated rings. The summed E-state index contributed by atoms with van der Waals surface area (Å²) in [5.74, 6) is -2.26. The molecule has 442 valence electrons. The Morgan fingerprint density at radius 3 is 1.28 bits per heavy atom. The number of carbonyl (C=O) groups is 3. The van der Waals surface area contributed by atoms with Crippen LogP contribution in [-0.2, 0) is 70.6 Å². The lowest BCUT2D eigenvalue weighted by Gasteiger charge is -2.58. The molecule has 6 aromatic rings. The quantitative estimate of drug-likeness (QED) is 0.0414. The number of hydrogen-bond donors (Lipinski definition) is 1. The van der Waals surface area contributed by atoms with Gasteiger partial charge in [0.2, 0.25) is 5.60 Å². The van der Waals surface area contributed by atoms with Gasteiger partial charge in [-0.2, -0.15) is 8.78 Å². The maximum Gasteiger partial charge on any atom is 0.364 e. The van der Waals surface area contributed by atoms with Crippen molar-refractivity contribution in [1.82, 2.24) is 0 Å². The summed E-state index contributed by atoms with van der Waals surface area (Å²) in [5.41, 5.74) is -4.67. The van der Waals surface area contributed by atoms with Crippen molar-refractivity contribution in [2.24, 2.45) is 28.1 Å². The number of ether oxygens (including phenoxy) is 3. The molecule has 5 unspecified atom stereocenters. The molecule has 1 aliphatic heterocycles. The number of halogens is 3. The number of esters is 3. The van der Waals surface area contributed by atoms with Gasteiger partial charge in [-0.3, -0.25) is 9.59 Å². The zero-order chi connectivity index (χ0) is 59.9. The second kappa shape index (κ2) is 25.7. The van der Waals surface area contributed by atoms with Crippen LogP contribution in [0.1, 0.15) is 78.6 Å². The molecule has 83 heavy (non-hydrogen) atoms. The normalized spacial score (nSPS) is 24.9. The van der Waals surface area contributed by atoms with Crippen LogP contribution in [0.2, 0.25) is 0 Å². The van der Waals surface area contributed by atoms with Gasteiger partial charge in [-0.05, 0) is 143 Å². The first kappa shape index (κ1) is 63.0. The highest BCUT2D eigenvalue weighted by atomic mass is 32.2. The number of alkyl halides is 3. The van der Waals surface area contributed by atoms with Crippen molar-refractivity contribution in [2.45, 2.75) is 131 Å². The Balaban J connectivity index is 0.000000146. The predicted molar refractivity (Wildman–Crippen MR) is 306 cm³/mol. The van der Waals surface area contributed by atoms with Gasteiger partial charge in [0.25, 0.3) is 0 Å². The molecule has 6 bridgehead atoms. The Kier molecular flexibility index (Phi) is 19.5. The van der Waals surface area contributed by atoms with Gasteiger partial charge in [-0.25, -0.2) is 26.0 Å². The minimum absolute atomic E-state index is 0.0146. The topological polar surface area (TPSA) is 214 Å². The molecule has 0 amide bonds. The molecule has 6 aliphatic rings. The summed E-state index contributed by atoms with van der Waals surface area (Å²) in [6, 6.07) is 64.3. The van der Waals surface area contributed by atoms with Crippen LogP contribution in [0.5, 0.6) is 0 Å². The van der Waals surface area contributed by atoms with E-state index in [9.17, 15) is 58.6 Å². The number of benzene rings is 6. The Hall–Kier alpha value is -6.00. The summed E-state index contributed by atoms with van der Waals surface area (Å²) in [7, 11) is -10.6.